The van der Waals surface area contributed by atoms with Gasteiger partial charge in [-0.3, -0.25) is 4.79 Å². The Bertz CT molecular complexity index is 950. The van der Waals surface area contributed by atoms with E-state index in [0.29, 0.717) is 37.8 Å². The summed E-state index contributed by atoms with van der Waals surface area (Å²) in [6, 6.07) is 14.4. The van der Waals surface area contributed by atoms with Gasteiger partial charge >= 0.3 is 0 Å². The monoisotopic (exact) mass is 433 g/mol. The van der Waals surface area contributed by atoms with Crippen molar-refractivity contribution >= 4 is 21.6 Å². The molecule has 30 heavy (non-hydrogen) atoms. The summed E-state index contributed by atoms with van der Waals surface area (Å²) in [5.74, 6) is 0.736. The number of benzene rings is 2. The molecule has 0 aliphatic carbocycles. The zero-order valence-electron chi connectivity index (χ0n) is 17.0. The Kier molecular flexibility index (Phi) is 7.53. The number of ether oxygens (including phenoxy) is 2. The summed E-state index contributed by atoms with van der Waals surface area (Å²) in [5, 5.41) is 2.81. The first-order chi connectivity index (χ1) is 14.5. The van der Waals surface area contributed by atoms with Gasteiger partial charge in [0.25, 0.3) is 0 Å². The van der Waals surface area contributed by atoms with Crippen LogP contribution in [0.25, 0.3) is 0 Å². The highest BCUT2D eigenvalue weighted by atomic mass is 32.2. The number of carbonyl (C=O) groups excluding carboxylic acids is 1. The molecule has 1 heterocycles. The maximum atomic E-state index is 12.5. The van der Waals surface area contributed by atoms with Gasteiger partial charge in [-0.15, -0.1) is 0 Å². The number of hydrogen-bond acceptors (Lipinski definition) is 6. The Morgan fingerprint density at radius 3 is 2.53 bits per heavy atom. The minimum Gasteiger partial charge on any atom is -0.490 e. The maximum absolute atomic E-state index is 12.5. The third-order valence-corrected chi connectivity index (χ3v) is 6.10. The summed E-state index contributed by atoms with van der Waals surface area (Å²) in [7, 11) is -1.80. The molecule has 3 rings (SSSR count). The first-order valence-electron chi connectivity index (χ1n) is 9.88. The van der Waals surface area contributed by atoms with E-state index in [0.717, 1.165) is 12.1 Å². The van der Waals surface area contributed by atoms with E-state index in [9.17, 15) is 13.2 Å². The van der Waals surface area contributed by atoms with Gasteiger partial charge in [0.1, 0.15) is 0 Å². The second kappa shape index (κ2) is 10.3. The Morgan fingerprint density at radius 1 is 1.03 bits per heavy atom. The number of sulfonamides is 1. The van der Waals surface area contributed by atoms with Crippen molar-refractivity contribution in [1.29, 1.82) is 0 Å². The lowest BCUT2D eigenvalue weighted by Crippen LogP contribution is -2.35. The highest BCUT2D eigenvalue weighted by molar-refractivity contribution is 7.89. The molecule has 2 aromatic rings. The molecule has 0 saturated carbocycles. The highest BCUT2D eigenvalue weighted by Crippen LogP contribution is 2.31. The van der Waals surface area contributed by atoms with E-state index in [1.54, 1.807) is 6.07 Å². The van der Waals surface area contributed by atoms with Crippen molar-refractivity contribution in [3.8, 4) is 11.5 Å². The van der Waals surface area contributed by atoms with Crippen molar-refractivity contribution in [2.24, 2.45) is 0 Å². The standard InChI is InChI=1S/C21H27N3O5S/c1-24(17-6-3-2-4-7-17)13-12-22-21(25)10-11-23-30(26,27)18-8-9-19-20(16-18)29-15-5-14-28-19/h2-4,6-9,16,23H,5,10-15H2,1H3,(H,22,25). The van der Waals surface area contributed by atoms with Gasteiger partial charge in [-0.25, -0.2) is 13.1 Å². The fourth-order valence-electron chi connectivity index (χ4n) is 2.96. The van der Waals surface area contributed by atoms with Crippen LogP contribution in [0.3, 0.4) is 0 Å². The molecule has 1 aliphatic rings. The molecule has 0 fully saturated rings. The summed E-state index contributed by atoms with van der Waals surface area (Å²) in [6.07, 6.45) is 0.796. The van der Waals surface area contributed by atoms with Crippen LogP contribution in [-0.2, 0) is 14.8 Å². The van der Waals surface area contributed by atoms with Crippen LogP contribution in [0.15, 0.2) is 53.4 Å². The molecule has 8 nitrogen and oxygen atoms in total. The van der Waals surface area contributed by atoms with Gasteiger partial charge in [-0.05, 0) is 24.3 Å². The van der Waals surface area contributed by atoms with Crippen LogP contribution >= 0.6 is 0 Å². The highest BCUT2D eigenvalue weighted by Gasteiger charge is 2.19. The number of amides is 1. The van der Waals surface area contributed by atoms with Crippen molar-refractivity contribution in [1.82, 2.24) is 10.0 Å². The zero-order chi connectivity index (χ0) is 21.4. The summed E-state index contributed by atoms with van der Waals surface area (Å²) in [6.45, 7) is 2.14. The smallest absolute Gasteiger partial charge is 0.240 e. The van der Waals surface area contributed by atoms with Crippen molar-refractivity contribution in [3.05, 3.63) is 48.5 Å². The van der Waals surface area contributed by atoms with E-state index in [1.165, 1.54) is 12.1 Å². The number of anilines is 1. The van der Waals surface area contributed by atoms with Crippen LogP contribution in [0.5, 0.6) is 11.5 Å². The van der Waals surface area contributed by atoms with Crippen molar-refractivity contribution in [2.45, 2.75) is 17.7 Å². The molecule has 0 spiro atoms. The molecule has 1 aliphatic heterocycles. The van der Waals surface area contributed by atoms with E-state index < -0.39 is 10.0 Å². The molecule has 2 aromatic carbocycles. The van der Waals surface area contributed by atoms with Crippen LogP contribution in [0.1, 0.15) is 12.8 Å². The number of rotatable bonds is 9. The lowest BCUT2D eigenvalue weighted by atomic mass is 10.3. The van der Waals surface area contributed by atoms with Gasteiger partial charge in [-0.1, -0.05) is 18.2 Å². The Balaban J connectivity index is 1.42. The second-order valence-electron chi connectivity index (χ2n) is 6.91. The van der Waals surface area contributed by atoms with Gasteiger partial charge in [0, 0.05) is 51.3 Å². The Labute approximate surface area is 177 Å². The lowest BCUT2D eigenvalue weighted by Gasteiger charge is -2.19. The Hall–Kier alpha value is -2.78. The molecule has 0 saturated heterocycles. The van der Waals surface area contributed by atoms with E-state index in [2.05, 4.69) is 10.0 Å². The van der Waals surface area contributed by atoms with E-state index >= 15 is 0 Å². The minimum atomic E-state index is -3.75. The molecular formula is C21H27N3O5S. The second-order valence-corrected chi connectivity index (χ2v) is 8.68. The van der Waals surface area contributed by atoms with Gasteiger partial charge in [0.05, 0.1) is 18.1 Å². The largest absolute Gasteiger partial charge is 0.490 e. The van der Waals surface area contributed by atoms with E-state index in [1.807, 2.05) is 42.3 Å². The number of fused-ring (bicyclic) bond motifs is 1. The average molecular weight is 434 g/mol. The first kappa shape index (κ1) is 21.9. The number of hydrogen-bond donors (Lipinski definition) is 2. The normalized spacial score (nSPS) is 13.4. The van der Waals surface area contributed by atoms with Gasteiger partial charge in [-0.2, -0.15) is 0 Å². The zero-order valence-corrected chi connectivity index (χ0v) is 17.8. The SMILES string of the molecule is CN(CCNC(=O)CCNS(=O)(=O)c1ccc2c(c1)OCCCO2)c1ccccc1. The third kappa shape index (κ3) is 6.11. The molecular weight excluding hydrogens is 406 g/mol. The van der Waals surface area contributed by atoms with E-state index in [4.69, 9.17) is 9.47 Å². The van der Waals surface area contributed by atoms with Crippen LogP contribution in [0.4, 0.5) is 5.69 Å². The number of carbonyl (C=O) groups is 1. The maximum Gasteiger partial charge on any atom is 0.240 e. The number of para-hydroxylation sites is 1. The van der Waals surface area contributed by atoms with Gasteiger partial charge < -0.3 is 19.7 Å². The molecule has 0 aromatic heterocycles. The molecule has 1 amide bonds. The summed E-state index contributed by atoms with van der Waals surface area (Å²) in [4.78, 5) is 14.1. The molecule has 0 unspecified atom stereocenters. The fraction of sp³-hybridized carbons (Fsp3) is 0.381. The van der Waals surface area contributed by atoms with E-state index in [-0.39, 0.29) is 23.8 Å². The molecule has 0 radical (unpaired) electrons. The van der Waals surface area contributed by atoms with Crippen LogP contribution < -0.4 is 24.4 Å². The lowest BCUT2D eigenvalue weighted by molar-refractivity contribution is -0.120. The Morgan fingerprint density at radius 2 is 1.77 bits per heavy atom. The summed E-state index contributed by atoms with van der Waals surface area (Å²) < 4.78 is 38.5. The van der Waals surface area contributed by atoms with Crippen molar-refractivity contribution < 1.29 is 22.7 Å². The third-order valence-electron chi connectivity index (χ3n) is 4.64. The predicted molar refractivity (Wildman–Crippen MR) is 115 cm³/mol. The van der Waals surface area contributed by atoms with Gasteiger partial charge in [0.2, 0.25) is 15.9 Å². The quantitative estimate of drug-likeness (QED) is 0.626. The number of nitrogens with zero attached hydrogens (tertiary/aromatic N) is 1. The van der Waals surface area contributed by atoms with Crippen LogP contribution in [0, 0.1) is 0 Å². The molecule has 0 atom stereocenters. The predicted octanol–water partition coefficient (Wildman–Crippen LogP) is 1.77. The number of nitrogens with one attached hydrogen (secondary N) is 2. The van der Waals surface area contributed by atoms with Crippen molar-refractivity contribution in [3.63, 3.8) is 0 Å². The number of likely N-dealkylation sites (N-methyl/N-ethyl adjacent to an activating group) is 1. The molecule has 2 N–H and O–H groups in total. The minimum absolute atomic E-state index is 0.0110. The van der Waals surface area contributed by atoms with Crippen LogP contribution in [-0.4, -0.2) is 54.2 Å². The summed E-state index contributed by atoms with van der Waals surface area (Å²) >= 11 is 0. The van der Waals surface area contributed by atoms with Crippen LogP contribution in [0.2, 0.25) is 0 Å². The topological polar surface area (TPSA) is 97.0 Å². The first-order valence-corrected chi connectivity index (χ1v) is 11.4. The van der Waals surface area contributed by atoms with Crippen molar-refractivity contribution in [2.75, 3.05) is 44.8 Å². The summed E-state index contributed by atoms with van der Waals surface area (Å²) in [5.41, 5.74) is 1.06. The fourth-order valence-corrected chi connectivity index (χ4v) is 4.00. The van der Waals surface area contributed by atoms with Gasteiger partial charge in [0.15, 0.2) is 11.5 Å². The average Bonchev–Trinajstić information content (AvgIpc) is 2.99. The molecule has 9 heteroatoms. The molecule has 0 bridgehead atoms. The molecule has 162 valence electrons.